The minimum absolute atomic E-state index is 0.00679. The highest BCUT2D eigenvalue weighted by Gasteiger charge is 2.63. The third kappa shape index (κ3) is 4.38. The van der Waals surface area contributed by atoms with E-state index in [0.29, 0.717) is 30.8 Å². The van der Waals surface area contributed by atoms with Crippen LogP contribution in [-0.2, 0) is 9.53 Å². The molecule has 13 atom stereocenters. The Morgan fingerprint density at radius 1 is 0.971 bits per heavy atom. The van der Waals surface area contributed by atoms with Crippen LogP contribution in [-0.4, -0.2) is 57.4 Å². The van der Waals surface area contributed by atoms with Crippen molar-refractivity contribution in [2.45, 2.75) is 111 Å². The molecule has 202 valence electrons. The monoisotopic (exact) mass is 494 g/mol. The molecule has 4 fully saturated rings. The molecule has 6 heteroatoms. The predicted octanol–water partition coefficient (Wildman–Crippen LogP) is 3.78. The molecule has 6 nitrogen and oxygen atoms in total. The lowest BCUT2D eigenvalue weighted by atomic mass is 9.48. The first-order chi connectivity index (χ1) is 16.4. The number of carbonyl (C=O) groups excluding carboxylic acids is 1. The first kappa shape index (κ1) is 27.3. The van der Waals surface area contributed by atoms with Gasteiger partial charge in [0.05, 0.1) is 36.9 Å². The Hall–Kier alpha value is -0.690. The van der Waals surface area contributed by atoms with Crippen molar-refractivity contribution in [3.05, 3.63) is 0 Å². The number of carbonyl (C=O) groups is 1. The summed E-state index contributed by atoms with van der Waals surface area (Å²) < 4.78 is 5.88. The molecule has 1 saturated heterocycles. The SMILES string of the molecule is CCC(C(C)C)[C@@H](O)[C@H](O)[C@@H](C)[C@H]1CCC2C3COC(=O)C4C[C@H](O)[C@H](O)C[C@]4(C)C3CC[C@@]21C. The van der Waals surface area contributed by atoms with E-state index in [0.717, 1.165) is 32.1 Å². The summed E-state index contributed by atoms with van der Waals surface area (Å²) in [7, 11) is 0. The summed E-state index contributed by atoms with van der Waals surface area (Å²) in [6, 6.07) is 0. The number of fused-ring (bicyclic) bond motifs is 5. The Morgan fingerprint density at radius 3 is 2.26 bits per heavy atom. The highest BCUT2D eigenvalue weighted by atomic mass is 16.5. The van der Waals surface area contributed by atoms with Gasteiger partial charge in [-0.3, -0.25) is 4.79 Å². The van der Waals surface area contributed by atoms with Crippen molar-refractivity contribution in [1.82, 2.24) is 0 Å². The van der Waals surface area contributed by atoms with E-state index < -0.39 is 24.4 Å². The van der Waals surface area contributed by atoms with Crippen LogP contribution in [0.25, 0.3) is 0 Å². The lowest BCUT2D eigenvalue weighted by Gasteiger charge is -2.56. The predicted molar refractivity (Wildman–Crippen MR) is 134 cm³/mol. The lowest BCUT2D eigenvalue weighted by Crippen LogP contribution is -2.55. The number of aliphatic hydroxyl groups is 4. The van der Waals surface area contributed by atoms with Crippen LogP contribution in [0, 0.1) is 58.2 Å². The number of esters is 1. The molecule has 4 aliphatic rings. The van der Waals surface area contributed by atoms with Gasteiger partial charge in [0.15, 0.2) is 0 Å². The third-order valence-corrected chi connectivity index (χ3v) is 11.7. The van der Waals surface area contributed by atoms with E-state index >= 15 is 0 Å². The minimum atomic E-state index is -0.867. The van der Waals surface area contributed by atoms with Crippen LogP contribution >= 0.6 is 0 Å². The topological polar surface area (TPSA) is 107 Å². The Kier molecular flexibility index (Phi) is 7.72. The highest BCUT2D eigenvalue weighted by Crippen LogP contribution is 2.66. The molecule has 0 spiro atoms. The zero-order valence-corrected chi connectivity index (χ0v) is 22.7. The zero-order chi connectivity index (χ0) is 25.9. The molecule has 0 amide bonds. The van der Waals surface area contributed by atoms with Gasteiger partial charge >= 0.3 is 5.97 Å². The molecule has 3 aliphatic carbocycles. The Balaban J connectivity index is 1.57. The summed E-state index contributed by atoms with van der Waals surface area (Å²) in [5, 5.41) is 43.2. The molecule has 0 bridgehead atoms. The normalized spacial score (nSPS) is 47.1. The average Bonchev–Trinajstić information content (AvgIpc) is 3.11. The molecule has 0 aromatic heterocycles. The van der Waals surface area contributed by atoms with E-state index in [-0.39, 0.29) is 52.8 Å². The summed E-state index contributed by atoms with van der Waals surface area (Å²) in [5.74, 6) is 1.01. The molecule has 1 heterocycles. The van der Waals surface area contributed by atoms with Crippen LogP contribution in [0.1, 0.15) is 86.5 Å². The van der Waals surface area contributed by atoms with Crippen molar-refractivity contribution >= 4 is 5.97 Å². The Bertz CT molecular complexity index is 770. The number of ether oxygens (including phenoxy) is 1. The van der Waals surface area contributed by atoms with Gasteiger partial charge in [0.25, 0.3) is 0 Å². The lowest BCUT2D eigenvalue weighted by molar-refractivity contribution is -0.162. The zero-order valence-electron chi connectivity index (χ0n) is 22.7. The van der Waals surface area contributed by atoms with Crippen LogP contribution in [0.5, 0.6) is 0 Å². The molecule has 5 unspecified atom stereocenters. The fourth-order valence-corrected chi connectivity index (χ4v) is 9.60. The molecule has 35 heavy (non-hydrogen) atoms. The second kappa shape index (κ2) is 9.89. The van der Waals surface area contributed by atoms with Crippen molar-refractivity contribution in [3.63, 3.8) is 0 Å². The van der Waals surface area contributed by atoms with E-state index in [4.69, 9.17) is 4.74 Å². The number of hydrogen-bond acceptors (Lipinski definition) is 6. The van der Waals surface area contributed by atoms with Crippen LogP contribution in [0.3, 0.4) is 0 Å². The molecular weight excluding hydrogens is 444 g/mol. The summed E-state index contributed by atoms with van der Waals surface area (Å²) >= 11 is 0. The van der Waals surface area contributed by atoms with Crippen LogP contribution in [0.2, 0.25) is 0 Å². The van der Waals surface area contributed by atoms with Crippen molar-refractivity contribution in [3.8, 4) is 0 Å². The smallest absolute Gasteiger partial charge is 0.309 e. The maximum Gasteiger partial charge on any atom is 0.309 e. The Labute approximate surface area is 211 Å². The van der Waals surface area contributed by atoms with E-state index in [1.807, 2.05) is 0 Å². The third-order valence-electron chi connectivity index (χ3n) is 11.7. The van der Waals surface area contributed by atoms with Gasteiger partial charge in [-0.1, -0.05) is 48.0 Å². The fourth-order valence-electron chi connectivity index (χ4n) is 9.60. The molecule has 4 rings (SSSR count). The van der Waals surface area contributed by atoms with Crippen molar-refractivity contribution in [2.24, 2.45) is 58.2 Å². The number of cyclic esters (lactones) is 1. The van der Waals surface area contributed by atoms with Gasteiger partial charge in [-0.15, -0.1) is 0 Å². The standard InChI is InChI=1S/C29H50O6/c1-7-17(15(2)3)26(33)25(32)16(4)19-8-9-20-18-14-35-27(34)22-12-23(30)24(31)13-29(22,6)21(18)10-11-28(19,20)5/h15-26,30-33H,7-14H2,1-6H3/t16-,17?,18?,19+,20?,21?,22?,23-,24+,25+,26+,28+,29+/m0/s1. The number of aliphatic hydroxyl groups excluding tert-OH is 4. The van der Waals surface area contributed by atoms with Gasteiger partial charge in [-0.25, -0.2) is 0 Å². The largest absolute Gasteiger partial charge is 0.465 e. The molecule has 0 aromatic rings. The number of hydrogen-bond donors (Lipinski definition) is 4. The van der Waals surface area contributed by atoms with Gasteiger partial charge in [-0.05, 0) is 90.8 Å². The van der Waals surface area contributed by atoms with Crippen molar-refractivity contribution < 1.29 is 30.0 Å². The molecule has 1 aliphatic heterocycles. The molecule has 0 radical (unpaired) electrons. The quantitative estimate of drug-likeness (QED) is 0.419. The Morgan fingerprint density at radius 2 is 1.63 bits per heavy atom. The van der Waals surface area contributed by atoms with E-state index in [9.17, 15) is 25.2 Å². The minimum Gasteiger partial charge on any atom is -0.465 e. The highest BCUT2D eigenvalue weighted by molar-refractivity contribution is 5.74. The fraction of sp³-hybridized carbons (Fsp3) is 0.966. The molecule has 0 aromatic carbocycles. The maximum absolute atomic E-state index is 13.0. The summed E-state index contributed by atoms with van der Waals surface area (Å²) in [4.78, 5) is 13.0. The summed E-state index contributed by atoms with van der Waals surface area (Å²) in [5.41, 5.74) is -0.348. The van der Waals surface area contributed by atoms with Crippen molar-refractivity contribution in [2.75, 3.05) is 6.61 Å². The summed E-state index contributed by atoms with van der Waals surface area (Å²) in [6.07, 6.45) is 2.49. The van der Waals surface area contributed by atoms with E-state index in [1.165, 1.54) is 0 Å². The van der Waals surface area contributed by atoms with E-state index in [1.54, 1.807) is 0 Å². The van der Waals surface area contributed by atoms with Crippen LogP contribution < -0.4 is 0 Å². The maximum atomic E-state index is 13.0. The second-order valence-corrected chi connectivity index (χ2v) is 13.5. The van der Waals surface area contributed by atoms with E-state index in [2.05, 4.69) is 41.5 Å². The second-order valence-electron chi connectivity index (χ2n) is 13.5. The van der Waals surface area contributed by atoms with Gasteiger partial charge in [0.2, 0.25) is 0 Å². The first-order valence-electron chi connectivity index (χ1n) is 14.3. The molecule has 3 saturated carbocycles. The van der Waals surface area contributed by atoms with Gasteiger partial charge in [0, 0.05) is 0 Å². The molecule has 4 N–H and O–H groups in total. The average molecular weight is 495 g/mol. The first-order valence-corrected chi connectivity index (χ1v) is 14.3. The van der Waals surface area contributed by atoms with Gasteiger partial charge in [0.1, 0.15) is 0 Å². The van der Waals surface area contributed by atoms with Gasteiger partial charge < -0.3 is 25.2 Å². The van der Waals surface area contributed by atoms with Crippen LogP contribution in [0.4, 0.5) is 0 Å². The van der Waals surface area contributed by atoms with Crippen molar-refractivity contribution in [1.29, 1.82) is 0 Å². The van der Waals surface area contributed by atoms with Crippen LogP contribution in [0.15, 0.2) is 0 Å². The molecular formula is C29H50O6. The van der Waals surface area contributed by atoms with Gasteiger partial charge in [-0.2, -0.15) is 0 Å². The number of rotatable bonds is 6. The summed E-state index contributed by atoms with van der Waals surface area (Å²) in [6.45, 7) is 13.4.